The SMILES string of the molecule is CSC1(CNc2ccc(S(N)(=O)=O)cc2C(=O)O)CCC1. The largest absolute Gasteiger partial charge is 0.478 e. The van der Waals surface area contributed by atoms with Crippen LogP contribution >= 0.6 is 11.8 Å². The fraction of sp³-hybridized carbons (Fsp3) is 0.462. The zero-order valence-electron chi connectivity index (χ0n) is 11.6. The number of hydrogen-bond donors (Lipinski definition) is 3. The molecule has 1 aliphatic carbocycles. The minimum Gasteiger partial charge on any atom is -0.478 e. The molecule has 0 amide bonds. The molecule has 8 heteroatoms. The lowest BCUT2D eigenvalue weighted by atomic mass is 9.84. The quantitative estimate of drug-likeness (QED) is 0.733. The lowest BCUT2D eigenvalue weighted by molar-refractivity contribution is 0.0697. The summed E-state index contributed by atoms with van der Waals surface area (Å²) in [6.45, 7) is 0.656. The fourth-order valence-electron chi connectivity index (χ4n) is 2.31. The van der Waals surface area contributed by atoms with Crippen LogP contribution in [0, 0.1) is 0 Å². The van der Waals surface area contributed by atoms with Crippen molar-refractivity contribution in [3.63, 3.8) is 0 Å². The van der Waals surface area contributed by atoms with Crippen molar-refractivity contribution < 1.29 is 18.3 Å². The first-order valence-electron chi connectivity index (χ1n) is 6.47. The molecule has 4 N–H and O–H groups in total. The number of primary sulfonamides is 1. The number of carbonyl (C=O) groups is 1. The fourth-order valence-corrected chi connectivity index (χ4v) is 3.77. The Balaban J connectivity index is 2.25. The Kier molecular flexibility index (Phi) is 4.50. The third-order valence-electron chi connectivity index (χ3n) is 3.85. The Morgan fingerprint density at radius 2 is 2.14 bits per heavy atom. The molecule has 2 rings (SSSR count). The highest BCUT2D eigenvalue weighted by molar-refractivity contribution is 8.00. The van der Waals surface area contributed by atoms with Gasteiger partial charge in [0, 0.05) is 17.0 Å². The molecule has 6 nitrogen and oxygen atoms in total. The predicted octanol–water partition coefficient (Wildman–Crippen LogP) is 1.73. The summed E-state index contributed by atoms with van der Waals surface area (Å²) in [4.78, 5) is 11.1. The summed E-state index contributed by atoms with van der Waals surface area (Å²) in [7, 11) is -3.91. The van der Waals surface area contributed by atoms with Gasteiger partial charge in [-0.1, -0.05) is 6.42 Å². The van der Waals surface area contributed by atoms with Crippen LogP contribution in [0.2, 0.25) is 0 Å². The number of nitrogens with one attached hydrogen (secondary N) is 1. The summed E-state index contributed by atoms with van der Waals surface area (Å²) in [5.74, 6) is -1.19. The van der Waals surface area contributed by atoms with Gasteiger partial charge >= 0.3 is 5.97 Å². The third-order valence-corrected chi connectivity index (χ3v) is 6.18. The van der Waals surface area contributed by atoms with E-state index in [2.05, 4.69) is 5.32 Å². The Morgan fingerprint density at radius 3 is 2.57 bits per heavy atom. The number of hydrogen-bond acceptors (Lipinski definition) is 5. The molecule has 1 aliphatic rings. The van der Waals surface area contributed by atoms with Crippen molar-refractivity contribution in [2.75, 3.05) is 18.1 Å². The number of rotatable bonds is 6. The summed E-state index contributed by atoms with van der Waals surface area (Å²) in [6, 6.07) is 3.86. The van der Waals surface area contributed by atoms with E-state index in [1.807, 2.05) is 6.26 Å². The molecule has 0 heterocycles. The molecule has 0 radical (unpaired) electrons. The molecule has 1 aromatic carbocycles. The molecule has 0 aromatic heterocycles. The molecule has 1 fully saturated rings. The first kappa shape index (κ1) is 16.1. The topological polar surface area (TPSA) is 109 Å². The zero-order chi connectivity index (χ0) is 15.7. The van der Waals surface area contributed by atoms with E-state index < -0.39 is 16.0 Å². The number of thioether (sulfide) groups is 1. The smallest absolute Gasteiger partial charge is 0.337 e. The first-order chi connectivity index (χ1) is 9.77. The van der Waals surface area contributed by atoms with Crippen molar-refractivity contribution in [2.45, 2.75) is 28.9 Å². The Hall–Kier alpha value is -1.25. The molecule has 21 heavy (non-hydrogen) atoms. The summed E-state index contributed by atoms with van der Waals surface area (Å²) in [5.41, 5.74) is 0.326. The van der Waals surface area contributed by atoms with Crippen molar-refractivity contribution in [1.29, 1.82) is 0 Å². The average molecular weight is 330 g/mol. The molecule has 0 bridgehead atoms. The zero-order valence-corrected chi connectivity index (χ0v) is 13.3. The van der Waals surface area contributed by atoms with Crippen LogP contribution in [0.25, 0.3) is 0 Å². The first-order valence-corrected chi connectivity index (χ1v) is 9.24. The number of benzene rings is 1. The Labute approximate surface area is 128 Å². The summed E-state index contributed by atoms with van der Waals surface area (Å²) < 4.78 is 22.7. The van der Waals surface area contributed by atoms with Crippen LogP contribution in [-0.2, 0) is 10.0 Å². The van der Waals surface area contributed by atoms with Crippen LogP contribution in [0.3, 0.4) is 0 Å². The van der Waals surface area contributed by atoms with E-state index in [1.54, 1.807) is 11.8 Å². The molecule has 0 spiro atoms. The number of anilines is 1. The van der Waals surface area contributed by atoms with Crippen LogP contribution < -0.4 is 10.5 Å². The number of carboxylic acid groups (broad SMARTS) is 1. The summed E-state index contributed by atoms with van der Waals surface area (Å²) in [5, 5.41) is 17.4. The average Bonchev–Trinajstić information content (AvgIpc) is 2.36. The summed E-state index contributed by atoms with van der Waals surface area (Å²) in [6.07, 6.45) is 5.42. The molecule has 0 saturated heterocycles. The molecule has 1 saturated carbocycles. The summed E-state index contributed by atoms with van der Waals surface area (Å²) >= 11 is 1.77. The number of sulfonamides is 1. The minimum atomic E-state index is -3.91. The lowest BCUT2D eigenvalue weighted by Gasteiger charge is -2.40. The highest BCUT2D eigenvalue weighted by Crippen LogP contribution is 2.42. The van der Waals surface area contributed by atoms with Crippen LogP contribution in [0.15, 0.2) is 23.1 Å². The number of carboxylic acids is 1. The maximum Gasteiger partial charge on any atom is 0.337 e. The van der Waals surface area contributed by atoms with Crippen molar-refractivity contribution in [1.82, 2.24) is 0 Å². The van der Waals surface area contributed by atoms with Crippen molar-refractivity contribution in [3.8, 4) is 0 Å². The molecule has 0 unspecified atom stereocenters. The highest BCUT2D eigenvalue weighted by Gasteiger charge is 2.36. The van der Waals surface area contributed by atoms with Gasteiger partial charge in [-0.2, -0.15) is 11.8 Å². The van der Waals surface area contributed by atoms with Gasteiger partial charge in [0.2, 0.25) is 10.0 Å². The van der Waals surface area contributed by atoms with E-state index in [-0.39, 0.29) is 15.2 Å². The number of nitrogens with two attached hydrogens (primary N) is 1. The molecular formula is C13H18N2O4S2. The van der Waals surface area contributed by atoms with E-state index in [4.69, 9.17) is 5.14 Å². The van der Waals surface area contributed by atoms with Gasteiger partial charge in [0.15, 0.2) is 0 Å². The van der Waals surface area contributed by atoms with Gasteiger partial charge in [-0.3, -0.25) is 0 Å². The second kappa shape index (κ2) is 5.86. The van der Waals surface area contributed by atoms with Gasteiger partial charge in [0.05, 0.1) is 10.5 Å². The van der Waals surface area contributed by atoms with Crippen LogP contribution in [-0.4, -0.2) is 37.0 Å². The van der Waals surface area contributed by atoms with E-state index in [1.165, 1.54) is 18.6 Å². The molecule has 0 atom stereocenters. The third kappa shape index (κ3) is 3.50. The maximum absolute atomic E-state index is 11.3. The van der Waals surface area contributed by atoms with Gasteiger partial charge in [0.1, 0.15) is 0 Å². The lowest BCUT2D eigenvalue weighted by Crippen LogP contribution is -2.40. The standard InChI is InChI=1S/C13H18N2O4S2/c1-20-13(5-2-6-13)8-15-11-4-3-9(21(14,18)19)7-10(11)12(16)17/h3-4,7,15H,2,5-6,8H2,1H3,(H,16,17)(H2,14,18,19). The van der Waals surface area contributed by atoms with Gasteiger partial charge in [0.25, 0.3) is 0 Å². The molecule has 116 valence electrons. The monoisotopic (exact) mass is 330 g/mol. The Morgan fingerprint density at radius 1 is 1.48 bits per heavy atom. The van der Waals surface area contributed by atoms with Crippen molar-refractivity contribution in [3.05, 3.63) is 23.8 Å². The molecular weight excluding hydrogens is 312 g/mol. The Bertz CT molecular complexity index is 649. The predicted molar refractivity (Wildman–Crippen MR) is 83.4 cm³/mol. The van der Waals surface area contributed by atoms with Crippen LogP contribution in [0.5, 0.6) is 0 Å². The number of aromatic carboxylic acids is 1. The van der Waals surface area contributed by atoms with Crippen molar-refractivity contribution in [2.24, 2.45) is 5.14 Å². The van der Waals surface area contributed by atoms with E-state index in [9.17, 15) is 18.3 Å². The van der Waals surface area contributed by atoms with E-state index in [0.29, 0.717) is 12.2 Å². The van der Waals surface area contributed by atoms with Gasteiger partial charge < -0.3 is 10.4 Å². The highest BCUT2D eigenvalue weighted by atomic mass is 32.2. The van der Waals surface area contributed by atoms with Gasteiger partial charge in [-0.25, -0.2) is 18.4 Å². The van der Waals surface area contributed by atoms with Crippen LogP contribution in [0.1, 0.15) is 29.6 Å². The van der Waals surface area contributed by atoms with Gasteiger partial charge in [-0.05, 0) is 37.3 Å². The second-order valence-electron chi connectivity index (χ2n) is 5.15. The maximum atomic E-state index is 11.3. The van der Waals surface area contributed by atoms with Gasteiger partial charge in [-0.15, -0.1) is 0 Å². The molecule has 1 aromatic rings. The van der Waals surface area contributed by atoms with Crippen LogP contribution in [0.4, 0.5) is 5.69 Å². The normalized spacial score (nSPS) is 17.0. The second-order valence-corrected chi connectivity index (χ2v) is 7.99. The van der Waals surface area contributed by atoms with E-state index in [0.717, 1.165) is 18.9 Å². The molecule has 0 aliphatic heterocycles. The van der Waals surface area contributed by atoms with E-state index >= 15 is 0 Å². The minimum absolute atomic E-state index is 0.0860. The van der Waals surface area contributed by atoms with Crippen molar-refractivity contribution >= 4 is 33.4 Å².